The van der Waals surface area contributed by atoms with Gasteiger partial charge < -0.3 is 15.0 Å². The van der Waals surface area contributed by atoms with Gasteiger partial charge in [-0.15, -0.1) is 0 Å². The number of carbonyl (C=O) groups is 1. The standard InChI is InChI=1S/C17H24N2O2/c1-3-14(10-11-20)18-17(21)9-8-13-12-19(2)16-7-5-4-6-15(13)16/h4-7,12,14,20H,3,8-11H2,1-2H3,(H,18,21). The number of nitrogens with one attached hydrogen (secondary N) is 1. The molecule has 21 heavy (non-hydrogen) atoms. The topological polar surface area (TPSA) is 54.3 Å². The van der Waals surface area contributed by atoms with E-state index in [0.717, 1.165) is 12.8 Å². The Morgan fingerprint density at radius 3 is 2.86 bits per heavy atom. The first-order valence-electron chi connectivity index (χ1n) is 7.58. The average molecular weight is 288 g/mol. The number of hydrogen-bond acceptors (Lipinski definition) is 2. The third-order valence-electron chi connectivity index (χ3n) is 3.94. The molecule has 2 rings (SSSR count). The third-order valence-corrected chi connectivity index (χ3v) is 3.94. The van der Waals surface area contributed by atoms with Crippen LogP contribution in [0.4, 0.5) is 0 Å². The van der Waals surface area contributed by atoms with Gasteiger partial charge in [-0.2, -0.15) is 0 Å². The van der Waals surface area contributed by atoms with Crippen molar-refractivity contribution in [1.82, 2.24) is 9.88 Å². The van der Waals surface area contributed by atoms with Crippen LogP contribution in [0.5, 0.6) is 0 Å². The molecule has 1 atom stereocenters. The predicted octanol–water partition coefficient (Wildman–Crippen LogP) is 2.39. The van der Waals surface area contributed by atoms with Gasteiger partial charge in [-0.3, -0.25) is 4.79 Å². The Hall–Kier alpha value is -1.81. The van der Waals surface area contributed by atoms with Crippen LogP contribution < -0.4 is 5.32 Å². The van der Waals surface area contributed by atoms with E-state index in [-0.39, 0.29) is 18.6 Å². The van der Waals surface area contributed by atoms with Crippen molar-refractivity contribution in [2.45, 2.75) is 38.6 Å². The lowest BCUT2D eigenvalue weighted by atomic mass is 10.1. The number of benzene rings is 1. The van der Waals surface area contributed by atoms with Crippen molar-refractivity contribution in [1.29, 1.82) is 0 Å². The Morgan fingerprint density at radius 1 is 1.38 bits per heavy atom. The molecule has 0 saturated carbocycles. The number of nitrogens with zero attached hydrogens (tertiary/aromatic N) is 1. The lowest BCUT2D eigenvalue weighted by molar-refractivity contribution is -0.121. The number of aromatic nitrogens is 1. The van der Waals surface area contributed by atoms with E-state index in [1.165, 1.54) is 16.5 Å². The molecule has 114 valence electrons. The number of para-hydroxylation sites is 1. The van der Waals surface area contributed by atoms with E-state index in [4.69, 9.17) is 5.11 Å². The number of aryl methyl sites for hydroxylation is 2. The van der Waals surface area contributed by atoms with E-state index in [9.17, 15) is 4.79 Å². The van der Waals surface area contributed by atoms with E-state index in [1.54, 1.807) is 0 Å². The molecule has 0 saturated heterocycles. The molecule has 4 heteroatoms. The zero-order valence-corrected chi connectivity index (χ0v) is 12.8. The van der Waals surface area contributed by atoms with Crippen LogP contribution in [0.3, 0.4) is 0 Å². The molecule has 0 bridgehead atoms. The maximum atomic E-state index is 12.0. The summed E-state index contributed by atoms with van der Waals surface area (Å²) < 4.78 is 2.10. The number of aliphatic hydroxyl groups is 1. The second-order valence-electron chi connectivity index (χ2n) is 5.47. The molecule has 2 aromatic rings. The molecule has 0 aliphatic heterocycles. The van der Waals surface area contributed by atoms with Crippen molar-refractivity contribution >= 4 is 16.8 Å². The van der Waals surface area contributed by atoms with Crippen LogP contribution in [0.2, 0.25) is 0 Å². The summed E-state index contributed by atoms with van der Waals surface area (Å²) in [5, 5.41) is 13.2. The minimum atomic E-state index is 0.0586. The maximum Gasteiger partial charge on any atom is 0.220 e. The van der Waals surface area contributed by atoms with Gasteiger partial charge in [0.1, 0.15) is 0 Å². The molecule has 0 aliphatic carbocycles. The van der Waals surface area contributed by atoms with E-state index in [2.05, 4.69) is 28.2 Å². The fraction of sp³-hybridized carbons (Fsp3) is 0.471. The Labute approximate surface area is 125 Å². The van der Waals surface area contributed by atoms with Crippen molar-refractivity contribution in [3.8, 4) is 0 Å². The highest BCUT2D eigenvalue weighted by molar-refractivity contribution is 5.85. The Morgan fingerprint density at radius 2 is 2.14 bits per heavy atom. The first-order chi connectivity index (χ1) is 10.2. The Bertz CT molecular complexity index is 604. The largest absolute Gasteiger partial charge is 0.396 e. The van der Waals surface area contributed by atoms with Crippen LogP contribution in [0.15, 0.2) is 30.5 Å². The maximum absolute atomic E-state index is 12.0. The minimum Gasteiger partial charge on any atom is -0.396 e. The molecule has 0 radical (unpaired) electrons. The van der Waals surface area contributed by atoms with Gasteiger partial charge in [0.05, 0.1) is 0 Å². The zero-order valence-electron chi connectivity index (χ0n) is 12.8. The highest BCUT2D eigenvalue weighted by Gasteiger charge is 2.11. The molecule has 2 N–H and O–H groups in total. The first-order valence-corrected chi connectivity index (χ1v) is 7.58. The van der Waals surface area contributed by atoms with Crippen LogP contribution >= 0.6 is 0 Å². The number of amides is 1. The quantitative estimate of drug-likeness (QED) is 0.822. The second-order valence-corrected chi connectivity index (χ2v) is 5.47. The Balaban J connectivity index is 1.97. The van der Waals surface area contributed by atoms with Gasteiger partial charge in [-0.25, -0.2) is 0 Å². The summed E-state index contributed by atoms with van der Waals surface area (Å²) in [6, 6.07) is 8.33. The van der Waals surface area contributed by atoms with Crippen molar-refractivity contribution in [3.63, 3.8) is 0 Å². The van der Waals surface area contributed by atoms with Gasteiger partial charge >= 0.3 is 0 Å². The first kappa shape index (κ1) is 15.6. The van der Waals surface area contributed by atoms with Crippen LogP contribution in [-0.4, -0.2) is 28.2 Å². The summed E-state index contributed by atoms with van der Waals surface area (Å²) in [5.41, 5.74) is 2.40. The Kier molecular flexibility index (Phi) is 5.39. The van der Waals surface area contributed by atoms with Gasteiger partial charge in [-0.1, -0.05) is 25.1 Å². The lowest BCUT2D eigenvalue weighted by Crippen LogP contribution is -2.35. The number of hydrogen-bond donors (Lipinski definition) is 2. The van der Waals surface area contributed by atoms with Crippen molar-refractivity contribution in [2.24, 2.45) is 7.05 Å². The summed E-state index contributed by atoms with van der Waals surface area (Å²) in [6.07, 6.45) is 4.79. The van der Waals surface area contributed by atoms with Crippen LogP contribution in [0, 0.1) is 0 Å². The van der Waals surface area contributed by atoms with Crippen LogP contribution in [0.25, 0.3) is 10.9 Å². The van der Waals surface area contributed by atoms with Gasteiger partial charge in [0.2, 0.25) is 5.91 Å². The van der Waals surface area contributed by atoms with Crippen molar-refractivity contribution < 1.29 is 9.90 Å². The smallest absolute Gasteiger partial charge is 0.220 e. The van der Waals surface area contributed by atoms with Gasteiger partial charge in [0.15, 0.2) is 0 Å². The van der Waals surface area contributed by atoms with Crippen LogP contribution in [0.1, 0.15) is 31.7 Å². The zero-order chi connectivity index (χ0) is 15.2. The lowest BCUT2D eigenvalue weighted by Gasteiger charge is -2.15. The van der Waals surface area contributed by atoms with Gasteiger partial charge in [0, 0.05) is 43.2 Å². The fourth-order valence-electron chi connectivity index (χ4n) is 2.71. The van der Waals surface area contributed by atoms with Crippen molar-refractivity contribution in [2.75, 3.05) is 6.61 Å². The molecular formula is C17H24N2O2. The molecule has 1 unspecified atom stereocenters. The summed E-state index contributed by atoms with van der Waals surface area (Å²) in [7, 11) is 2.03. The molecular weight excluding hydrogens is 264 g/mol. The summed E-state index contributed by atoms with van der Waals surface area (Å²) in [5.74, 6) is 0.0586. The second kappa shape index (κ2) is 7.27. The average Bonchev–Trinajstić information content (AvgIpc) is 2.82. The normalized spacial score (nSPS) is 12.5. The number of carbonyl (C=O) groups excluding carboxylic acids is 1. The monoisotopic (exact) mass is 288 g/mol. The van der Waals surface area contributed by atoms with E-state index < -0.39 is 0 Å². The molecule has 1 amide bonds. The van der Waals surface area contributed by atoms with Crippen LogP contribution in [-0.2, 0) is 18.3 Å². The fourth-order valence-corrected chi connectivity index (χ4v) is 2.71. The molecule has 0 spiro atoms. The molecule has 4 nitrogen and oxygen atoms in total. The summed E-state index contributed by atoms with van der Waals surface area (Å²) >= 11 is 0. The SMILES string of the molecule is CCC(CCO)NC(=O)CCc1cn(C)c2ccccc12. The van der Waals surface area contributed by atoms with Gasteiger partial charge in [-0.05, 0) is 30.9 Å². The van der Waals surface area contributed by atoms with Crippen molar-refractivity contribution in [3.05, 3.63) is 36.0 Å². The highest BCUT2D eigenvalue weighted by atomic mass is 16.3. The minimum absolute atomic E-state index is 0.0586. The summed E-state index contributed by atoms with van der Waals surface area (Å²) in [6.45, 7) is 2.13. The molecule has 1 aromatic carbocycles. The number of rotatable bonds is 7. The van der Waals surface area contributed by atoms with Gasteiger partial charge in [0.25, 0.3) is 0 Å². The number of aliphatic hydroxyl groups excluding tert-OH is 1. The molecule has 1 aromatic heterocycles. The molecule has 1 heterocycles. The molecule has 0 fully saturated rings. The summed E-state index contributed by atoms with van der Waals surface area (Å²) in [4.78, 5) is 12.0. The van der Waals surface area contributed by atoms with E-state index >= 15 is 0 Å². The number of fused-ring (bicyclic) bond motifs is 1. The molecule has 0 aliphatic rings. The van der Waals surface area contributed by atoms with E-state index in [0.29, 0.717) is 12.8 Å². The third kappa shape index (κ3) is 3.85. The highest BCUT2D eigenvalue weighted by Crippen LogP contribution is 2.21. The van der Waals surface area contributed by atoms with E-state index in [1.807, 2.05) is 26.1 Å². The predicted molar refractivity (Wildman–Crippen MR) is 85.2 cm³/mol.